The molecule has 28 heavy (non-hydrogen) atoms. The summed E-state index contributed by atoms with van der Waals surface area (Å²) in [5, 5.41) is 0.0595. The molecular formula is C21H23N5OS. The minimum atomic E-state index is 0.0595. The summed E-state index contributed by atoms with van der Waals surface area (Å²) in [5.41, 5.74) is 10.4. The zero-order valence-corrected chi connectivity index (χ0v) is 16.4. The fourth-order valence-electron chi connectivity index (χ4n) is 3.75. The average molecular weight is 394 g/mol. The number of nitrogens with zero attached hydrogens (tertiary/aromatic N) is 4. The number of thioether (sulfide) groups is 1. The van der Waals surface area contributed by atoms with Gasteiger partial charge in [-0.25, -0.2) is 4.98 Å². The van der Waals surface area contributed by atoms with Crippen LogP contribution in [0.15, 0.2) is 58.7 Å². The number of para-hydroxylation sites is 1. The molecule has 0 saturated carbocycles. The van der Waals surface area contributed by atoms with Crippen LogP contribution in [0.4, 0.5) is 17.2 Å². The van der Waals surface area contributed by atoms with E-state index in [2.05, 4.69) is 39.2 Å². The molecule has 7 heteroatoms. The molecule has 6 nitrogen and oxygen atoms in total. The molecule has 3 aliphatic rings. The lowest BCUT2D eigenvalue weighted by Crippen LogP contribution is -2.36. The predicted molar refractivity (Wildman–Crippen MR) is 116 cm³/mol. The Morgan fingerprint density at radius 2 is 1.93 bits per heavy atom. The van der Waals surface area contributed by atoms with E-state index in [1.807, 2.05) is 24.4 Å². The van der Waals surface area contributed by atoms with E-state index in [0.29, 0.717) is 0 Å². The third-order valence-electron chi connectivity index (χ3n) is 5.32. The number of aliphatic imine (C=N–C) groups is 1. The molecule has 1 saturated heterocycles. The first-order valence-corrected chi connectivity index (χ1v) is 10.5. The number of rotatable bonds is 3. The minimum Gasteiger partial charge on any atom is -0.398 e. The summed E-state index contributed by atoms with van der Waals surface area (Å²) in [6.45, 7) is 4.27. The summed E-state index contributed by atoms with van der Waals surface area (Å²) in [6.07, 6.45) is 5.11. The van der Waals surface area contributed by atoms with Crippen molar-refractivity contribution in [2.24, 2.45) is 4.99 Å². The van der Waals surface area contributed by atoms with Crippen LogP contribution in [0.2, 0.25) is 0 Å². The monoisotopic (exact) mass is 393 g/mol. The molecule has 0 radical (unpaired) electrons. The van der Waals surface area contributed by atoms with Crippen molar-refractivity contribution >= 4 is 34.7 Å². The molecule has 4 heterocycles. The largest absolute Gasteiger partial charge is 0.398 e. The maximum atomic E-state index is 6.15. The molecule has 2 N–H and O–H groups in total. The molecule has 3 aliphatic heterocycles. The van der Waals surface area contributed by atoms with E-state index in [-0.39, 0.29) is 5.37 Å². The lowest BCUT2D eigenvalue weighted by molar-refractivity contribution is 0.122. The number of aromatic nitrogens is 1. The van der Waals surface area contributed by atoms with Gasteiger partial charge in [-0.2, -0.15) is 0 Å². The number of pyridine rings is 1. The van der Waals surface area contributed by atoms with Gasteiger partial charge in [-0.15, -0.1) is 0 Å². The Kier molecular flexibility index (Phi) is 4.70. The highest BCUT2D eigenvalue weighted by atomic mass is 32.2. The van der Waals surface area contributed by atoms with Crippen LogP contribution >= 0.6 is 11.8 Å². The Morgan fingerprint density at radius 1 is 1.07 bits per heavy atom. The SMILES string of the molecule is Nc1ccccc1C1N=C2CCN(c3ccc(N4CCOCC4)nc3)C=C2S1. The number of nitrogen functional groups attached to an aromatic ring is 1. The number of anilines is 3. The second-order valence-electron chi connectivity index (χ2n) is 7.09. The van der Waals surface area contributed by atoms with Crippen molar-refractivity contribution in [2.75, 3.05) is 48.4 Å². The fraction of sp³-hybridized carbons (Fsp3) is 0.333. The topological polar surface area (TPSA) is 67.0 Å². The number of hydrogen-bond donors (Lipinski definition) is 1. The lowest BCUT2D eigenvalue weighted by Gasteiger charge is -2.29. The second kappa shape index (κ2) is 7.48. The quantitative estimate of drug-likeness (QED) is 0.806. The van der Waals surface area contributed by atoms with Gasteiger partial charge in [0.25, 0.3) is 0 Å². The van der Waals surface area contributed by atoms with Crippen molar-refractivity contribution in [3.63, 3.8) is 0 Å². The average Bonchev–Trinajstić information content (AvgIpc) is 3.18. The van der Waals surface area contributed by atoms with Crippen LogP contribution in [-0.2, 0) is 4.74 Å². The minimum absolute atomic E-state index is 0.0595. The molecule has 144 valence electrons. The highest BCUT2D eigenvalue weighted by Crippen LogP contribution is 2.46. The van der Waals surface area contributed by atoms with Gasteiger partial charge in [0.1, 0.15) is 11.2 Å². The van der Waals surface area contributed by atoms with E-state index in [0.717, 1.165) is 62.0 Å². The summed E-state index contributed by atoms with van der Waals surface area (Å²) >= 11 is 1.78. The van der Waals surface area contributed by atoms with Gasteiger partial charge in [0.05, 0.1) is 30.8 Å². The van der Waals surface area contributed by atoms with Crippen molar-refractivity contribution in [3.05, 3.63) is 59.3 Å². The van der Waals surface area contributed by atoms with Gasteiger partial charge in [-0.3, -0.25) is 4.99 Å². The molecule has 5 rings (SSSR count). The number of morpholine rings is 1. The van der Waals surface area contributed by atoms with E-state index < -0.39 is 0 Å². The molecule has 2 aromatic rings. The number of allylic oxidation sites excluding steroid dienone is 1. The van der Waals surface area contributed by atoms with Crippen molar-refractivity contribution < 1.29 is 4.74 Å². The van der Waals surface area contributed by atoms with E-state index in [4.69, 9.17) is 15.5 Å². The molecule has 0 amide bonds. The van der Waals surface area contributed by atoms with Crippen LogP contribution in [0, 0.1) is 0 Å². The van der Waals surface area contributed by atoms with Gasteiger partial charge in [-0.1, -0.05) is 30.0 Å². The fourth-order valence-corrected chi connectivity index (χ4v) is 4.99. The smallest absolute Gasteiger partial charge is 0.128 e. The summed E-state index contributed by atoms with van der Waals surface area (Å²) < 4.78 is 5.42. The molecular weight excluding hydrogens is 370 g/mol. The van der Waals surface area contributed by atoms with Gasteiger partial charge < -0.3 is 20.3 Å². The maximum absolute atomic E-state index is 6.15. The van der Waals surface area contributed by atoms with Crippen LogP contribution in [0.1, 0.15) is 17.4 Å². The standard InChI is InChI=1S/C21H23N5OS/c22-17-4-2-1-3-16(17)21-24-18-7-8-26(14-19(18)28-21)15-5-6-20(23-13-15)25-9-11-27-12-10-25/h1-6,13-14,21H,7-12,22H2. The molecule has 0 aliphatic carbocycles. The number of fused-ring (bicyclic) bond motifs is 1. The summed E-state index contributed by atoms with van der Waals surface area (Å²) in [5.74, 6) is 1.02. The normalized spacial score (nSPS) is 21.9. The third kappa shape index (κ3) is 3.36. The van der Waals surface area contributed by atoms with Gasteiger partial charge >= 0.3 is 0 Å². The zero-order valence-electron chi connectivity index (χ0n) is 15.6. The first kappa shape index (κ1) is 17.6. The molecule has 1 unspecified atom stereocenters. The van der Waals surface area contributed by atoms with E-state index in [1.54, 1.807) is 11.8 Å². The van der Waals surface area contributed by atoms with E-state index in [9.17, 15) is 0 Å². The van der Waals surface area contributed by atoms with Gasteiger partial charge in [0.15, 0.2) is 0 Å². The van der Waals surface area contributed by atoms with Crippen LogP contribution in [-0.4, -0.2) is 43.5 Å². The van der Waals surface area contributed by atoms with Gasteiger partial charge in [0.2, 0.25) is 0 Å². The third-order valence-corrected chi connectivity index (χ3v) is 6.50. The molecule has 1 aromatic carbocycles. The second-order valence-corrected chi connectivity index (χ2v) is 8.21. The van der Waals surface area contributed by atoms with Gasteiger partial charge in [0, 0.05) is 48.4 Å². The Bertz CT molecular complexity index is 921. The Hall–Kier alpha value is -2.51. The van der Waals surface area contributed by atoms with Gasteiger partial charge in [-0.05, 0) is 18.2 Å². The summed E-state index contributed by atoms with van der Waals surface area (Å²) in [7, 11) is 0. The Morgan fingerprint density at radius 3 is 2.71 bits per heavy atom. The van der Waals surface area contributed by atoms with Crippen LogP contribution in [0.25, 0.3) is 0 Å². The predicted octanol–water partition coefficient (Wildman–Crippen LogP) is 3.44. The zero-order chi connectivity index (χ0) is 18.9. The van der Waals surface area contributed by atoms with Crippen LogP contribution in [0.5, 0.6) is 0 Å². The first-order chi connectivity index (χ1) is 13.8. The summed E-state index contributed by atoms with van der Waals surface area (Å²) in [6, 6.07) is 12.3. The summed E-state index contributed by atoms with van der Waals surface area (Å²) in [4.78, 5) is 15.4. The first-order valence-electron chi connectivity index (χ1n) is 9.63. The van der Waals surface area contributed by atoms with Crippen molar-refractivity contribution in [1.29, 1.82) is 0 Å². The maximum Gasteiger partial charge on any atom is 0.128 e. The molecule has 0 spiro atoms. The molecule has 1 aromatic heterocycles. The lowest BCUT2D eigenvalue weighted by atomic mass is 10.1. The molecule has 1 fully saturated rings. The highest BCUT2D eigenvalue weighted by Gasteiger charge is 2.29. The van der Waals surface area contributed by atoms with E-state index >= 15 is 0 Å². The number of benzene rings is 1. The Balaban J connectivity index is 1.32. The van der Waals surface area contributed by atoms with Crippen LogP contribution in [0.3, 0.4) is 0 Å². The number of hydrogen-bond acceptors (Lipinski definition) is 7. The van der Waals surface area contributed by atoms with Crippen LogP contribution < -0.4 is 15.5 Å². The van der Waals surface area contributed by atoms with Crippen molar-refractivity contribution in [3.8, 4) is 0 Å². The molecule has 1 atom stereocenters. The Labute approximate surface area is 169 Å². The number of ether oxygens (including phenoxy) is 1. The number of nitrogens with two attached hydrogens (primary N) is 1. The van der Waals surface area contributed by atoms with Crippen molar-refractivity contribution in [2.45, 2.75) is 11.8 Å². The van der Waals surface area contributed by atoms with E-state index in [1.165, 1.54) is 10.6 Å². The molecule has 0 bridgehead atoms. The van der Waals surface area contributed by atoms with Crippen molar-refractivity contribution in [1.82, 2.24) is 4.98 Å². The highest BCUT2D eigenvalue weighted by molar-refractivity contribution is 8.04.